The van der Waals surface area contributed by atoms with Gasteiger partial charge in [-0.25, -0.2) is 14.6 Å². The van der Waals surface area contributed by atoms with Crippen LogP contribution in [0.2, 0.25) is 0 Å². The normalized spacial score (nSPS) is 10.1. The van der Waals surface area contributed by atoms with Crippen molar-refractivity contribution >= 4 is 29.2 Å². The third-order valence-electron chi connectivity index (χ3n) is 3.17. The number of ether oxygens (including phenoxy) is 2. The van der Waals surface area contributed by atoms with Crippen LogP contribution in [0, 0.1) is 0 Å². The van der Waals surface area contributed by atoms with Crippen molar-refractivity contribution in [3.8, 4) is 16.3 Å². The molecule has 1 aromatic heterocycles. The number of nitrogens with one attached hydrogen (secondary N) is 2. The van der Waals surface area contributed by atoms with Crippen LogP contribution in [0.25, 0.3) is 10.6 Å². The third-order valence-corrected chi connectivity index (χ3v) is 4.06. The lowest BCUT2D eigenvalue weighted by Gasteiger charge is -2.05. The molecule has 0 aliphatic carbocycles. The fraction of sp³-hybridized carbons (Fsp3) is 0.294. The molecule has 2 N–H and O–H groups in total. The number of esters is 1. The Morgan fingerprint density at radius 1 is 1.19 bits per heavy atom. The molecule has 8 nitrogen and oxygen atoms in total. The van der Waals surface area contributed by atoms with Crippen LogP contribution in [0.1, 0.15) is 23.8 Å². The van der Waals surface area contributed by atoms with Gasteiger partial charge in [-0.05, 0) is 30.7 Å². The summed E-state index contributed by atoms with van der Waals surface area (Å²) < 4.78 is 9.97. The predicted molar refractivity (Wildman–Crippen MR) is 96.2 cm³/mol. The van der Waals surface area contributed by atoms with E-state index in [4.69, 9.17) is 9.47 Å². The second kappa shape index (κ2) is 9.52. The highest BCUT2D eigenvalue weighted by Crippen LogP contribution is 2.25. The van der Waals surface area contributed by atoms with Crippen molar-refractivity contribution in [1.82, 2.24) is 15.6 Å². The molecule has 9 heteroatoms. The van der Waals surface area contributed by atoms with Gasteiger partial charge in [0.2, 0.25) is 0 Å². The Morgan fingerprint density at radius 2 is 1.92 bits per heavy atom. The van der Waals surface area contributed by atoms with E-state index in [-0.39, 0.29) is 5.69 Å². The summed E-state index contributed by atoms with van der Waals surface area (Å²) in [7, 11) is 1.58. The van der Waals surface area contributed by atoms with Crippen molar-refractivity contribution in [1.29, 1.82) is 0 Å². The highest BCUT2D eigenvalue weighted by molar-refractivity contribution is 7.13. The molecule has 0 saturated heterocycles. The zero-order chi connectivity index (χ0) is 18.9. The first-order valence-corrected chi connectivity index (χ1v) is 8.76. The fourth-order valence-electron chi connectivity index (χ4n) is 1.88. The lowest BCUT2D eigenvalue weighted by molar-refractivity contribution is -0.123. The van der Waals surface area contributed by atoms with Gasteiger partial charge in [-0.3, -0.25) is 10.1 Å². The number of carbonyl (C=O) groups is 3. The van der Waals surface area contributed by atoms with Crippen LogP contribution in [0.15, 0.2) is 29.6 Å². The standard InChI is InChI=1S/C17H19N3O5S/c1-3-8-18-17(23)20-14(21)9-25-16(22)13-10-26-15(19-13)11-4-6-12(24-2)7-5-11/h4-7,10H,3,8-9H2,1-2H3,(H2,18,20,21,23). The van der Waals surface area contributed by atoms with Crippen LogP contribution in [-0.2, 0) is 9.53 Å². The molecule has 0 saturated carbocycles. The third kappa shape index (κ3) is 5.55. The number of hydrogen-bond donors (Lipinski definition) is 2. The van der Waals surface area contributed by atoms with Gasteiger partial charge < -0.3 is 14.8 Å². The molecule has 1 heterocycles. The number of urea groups is 1. The van der Waals surface area contributed by atoms with Crippen molar-refractivity contribution < 1.29 is 23.9 Å². The Morgan fingerprint density at radius 3 is 2.58 bits per heavy atom. The second-order valence-electron chi connectivity index (χ2n) is 5.15. The Bertz CT molecular complexity index is 773. The van der Waals surface area contributed by atoms with E-state index in [2.05, 4.69) is 15.6 Å². The van der Waals surface area contributed by atoms with Gasteiger partial charge in [0, 0.05) is 17.5 Å². The molecule has 0 aliphatic rings. The molecule has 0 unspecified atom stereocenters. The lowest BCUT2D eigenvalue weighted by Crippen LogP contribution is -2.41. The molecule has 26 heavy (non-hydrogen) atoms. The average Bonchev–Trinajstić information content (AvgIpc) is 3.14. The molecular weight excluding hydrogens is 358 g/mol. The first-order chi connectivity index (χ1) is 12.5. The quantitative estimate of drug-likeness (QED) is 0.717. The SMILES string of the molecule is CCCNC(=O)NC(=O)COC(=O)c1csc(-c2ccc(OC)cc2)n1. The number of carbonyl (C=O) groups excluding carboxylic acids is 3. The molecule has 1 aromatic carbocycles. The molecule has 0 fully saturated rings. The maximum absolute atomic E-state index is 12.0. The number of nitrogens with zero attached hydrogens (tertiary/aromatic N) is 1. The van der Waals surface area contributed by atoms with Gasteiger partial charge in [-0.1, -0.05) is 6.92 Å². The average molecular weight is 377 g/mol. The maximum atomic E-state index is 12.0. The number of hydrogen-bond acceptors (Lipinski definition) is 7. The van der Waals surface area contributed by atoms with Crippen LogP contribution in [0.5, 0.6) is 5.75 Å². The van der Waals surface area contributed by atoms with Gasteiger partial charge in [0.15, 0.2) is 12.3 Å². The molecule has 0 radical (unpaired) electrons. The number of rotatable bonds is 7. The number of benzene rings is 1. The first-order valence-electron chi connectivity index (χ1n) is 7.88. The summed E-state index contributed by atoms with van der Waals surface area (Å²) in [5.41, 5.74) is 0.934. The minimum Gasteiger partial charge on any atom is -0.497 e. The summed E-state index contributed by atoms with van der Waals surface area (Å²) in [5.74, 6) is -0.721. The smallest absolute Gasteiger partial charge is 0.358 e. The molecule has 0 atom stereocenters. The second-order valence-corrected chi connectivity index (χ2v) is 6.00. The molecule has 138 valence electrons. The Labute approximate surface area is 154 Å². The van der Waals surface area contributed by atoms with E-state index >= 15 is 0 Å². The molecule has 0 spiro atoms. The van der Waals surface area contributed by atoms with Gasteiger partial charge in [0.1, 0.15) is 10.8 Å². The first kappa shape index (κ1) is 19.4. The highest BCUT2D eigenvalue weighted by atomic mass is 32.1. The minimum atomic E-state index is -0.731. The van der Waals surface area contributed by atoms with E-state index in [0.29, 0.717) is 11.6 Å². The van der Waals surface area contributed by atoms with Gasteiger partial charge >= 0.3 is 12.0 Å². The highest BCUT2D eigenvalue weighted by Gasteiger charge is 2.16. The van der Waals surface area contributed by atoms with E-state index in [1.165, 1.54) is 11.3 Å². The monoisotopic (exact) mass is 377 g/mol. The fourth-order valence-corrected chi connectivity index (χ4v) is 2.68. The van der Waals surface area contributed by atoms with E-state index in [1.807, 2.05) is 19.1 Å². The zero-order valence-electron chi connectivity index (χ0n) is 14.4. The van der Waals surface area contributed by atoms with Crippen molar-refractivity contribution in [3.05, 3.63) is 35.3 Å². The van der Waals surface area contributed by atoms with Crippen LogP contribution in [-0.4, -0.2) is 43.2 Å². The number of amides is 3. The summed E-state index contributed by atoms with van der Waals surface area (Å²) in [6, 6.07) is 6.62. The number of thiazole rings is 1. The Kier molecular flexibility index (Phi) is 7.10. The van der Waals surface area contributed by atoms with E-state index in [9.17, 15) is 14.4 Å². The van der Waals surface area contributed by atoms with Gasteiger partial charge in [0.25, 0.3) is 5.91 Å². The van der Waals surface area contributed by atoms with E-state index in [0.717, 1.165) is 17.7 Å². The summed E-state index contributed by atoms with van der Waals surface area (Å²) in [4.78, 5) is 39.1. The minimum absolute atomic E-state index is 0.101. The van der Waals surface area contributed by atoms with Gasteiger partial charge in [-0.15, -0.1) is 11.3 Å². The van der Waals surface area contributed by atoms with Gasteiger partial charge in [0.05, 0.1) is 7.11 Å². The Balaban J connectivity index is 1.87. The predicted octanol–water partition coefficient (Wildman–Crippen LogP) is 2.21. The number of imide groups is 1. The Hall–Kier alpha value is -2.94. The largest absolute Gasteiger partial charge is 0.497 e. The summed E-state index contributed by atoms with van der Waals surface area (Å²) in [6.07, 6.45) is 0.747. The molecule has 2 rings (SSSR count). The molecule has 3 amide bonds. The molecule has 2 aromatic rings. The van der Waals surface area contributed by atoms with Gasteiger partial charge in [-0.2, -0.15) is 0 Å². The zero-order valence-corrected chi connectivity index (χ0v) is 15.2. The lowest BCUT2D eigenvalue weighted by atomic mass is 10.2. The number of methoxy groups -OCH3 is 1. The van der Waals surface area contributed by atoms with Crippen molar-refractivity contribution in [2.75, 3.05) is 20.3 Å². The summed E-state index contributed by atoms with van der Waals surface area (Å²) in [5, 5.41) is 6.74. The van der Waals surface area contributed by atoms with Crippen molar-refractivity contribution in [2.24, 2.45) is 0 Å². The molecule has 0 aliphatic heterocycles. The van der Waals surface area contributed by atoms with Crippen LogP contribution in [0.4, 0.5) is 4.79 Å². The molecular formula is C17H19N3O5S. The summed E-state index contributed by atoms with van der Waals surface area (Å²) in [6.45, 7) is 1.78. The van der Waals surface area contributed by atoms with E-state index < -0.39 is 24.5 Å². The van der Waals surface area contributed by atoms with Crippen molar-refractivity contribution in [2.45, 2.75) is 13.3 Å². The summed E-state index contributed by atoms with van der Waals surface area (Å²) >= 11 is 1.28. The van der Waals surface area contributed by atoms with Crippen molar-refractivity contribution in [3.63, 3.8) is 0 Å². The van der Waals surface area contributed by atoms with Crippen LogP contribution in [0.3, 0.4) is 0 Å². The maximum Gasteiger partial charge on any atom is 0.358 e. The van der Waals surface area contributed by atoms with Crippen LogP contribution >= 0.6 is 11.3 Å². The topological polar surface area (TPSA) is 107 Å². The van der Waals surface area contributed by atoms with E-state index in [1.54, 1.807) is 24.6 Å². The number of aromatic nitrogens is 1. The van der Waals surface area contributed by atoms with Crippen LogP contribution < -0.4 is 15.4 Å². The molecule has 0 bridgehead atoms.